The Hall–Kier alpha value is -2.04. The number of esters is 2. The lowest BCUT2D eigenvalue weighted by Gasteiger charge is -2.06. The van der Waals surface area contributed by atoms with Crippen LogP contribution in [0.25, 0.3) is 6.08 Å². The highest BCUT2D eigenvalue weighted by Crippen LogP contribution is 2.18. The van der Waals surface area contributed by atoms with E-state index < -0.39 is 11.9 Å². The molecule has 0 spiro atoms. The van der Waals surface area contributed by atoms with Crippen LogP contribution < -0.4 is 0 Å². The first-order valence-corrected chi connectivity index (χ1v) is 6.61. The predicted molar refractivity (Wildman–Crippen MR) is 76.1 cm³/mol. The van der Waals surface area contributed by atoms with Gasteiger partial charge in [0.2, 0.25) is 0 Å². The second kappa shape index (κ2) is 6.93. The summed E-state index contributed by atoms with van der Waals surface area (Å²) < 4.78 is 11.8. The molecule has 0 saturated heterocycles. The van der Waals surface area contributed by atoms with Gasteiger partial charge in [-0.2, -0.15) is 0 Å². The maximum atomic E-state index is 11.9. The largest absolute Gasteiger partial charge is 0.462 e. The van der Waals surface area contributed by atoms with E-state index in [1.165, 1.54) is 6.08 Å². The van der Waals surface area contributed by atoms with Crippen molar-refractivity contribution in [2.45, 2.75) is 27.7 Å². The van der Waals surface area contributed by atoms with Crippen molar-refractivity contribution in [2.24, 2.45) is 7.05 Å². The summed E-state index contributed by atoms with van der Waals surface area (Å²) in [5.41, 5.74) is 2.73. The minimum absolute atomic E-state index is 0.0811. The summed E-state index contributed by atoms with van der Waals surface area (Å²) in [6, 6.07) is 1.91. The molecule has 110 valence electrons. The average molecular weight is 279 g/mol. The third kappa shape index (κ3) is 3.50. The van der Waals surface area contributed by atoms with Crippen LogP contribution in [0.2, 0.25) is 0 Å². The van der Waals surface area contributed by atoms with Gasteiger partial charge in [-0.1, -0.05) is 0 Å². The highest BCUT2D eigenvalue weighted by atomic mass is 16.6. The van der Waals surface area contributed by atoms with E-state index in [9.17, 15) is 9.59 Å². The van der Waals surface area contributed by atoms with Gasteiger partial charge >= 0.3 is 11.9 Å². The van der Waals surface area contributed by atoms with Gasteiger partial charge in [-0.15, -0.1) is 0 Å². The van der Waals surface area contributed by atoms with E-state index in [0.717, 1.165) is 17.0 Å². The molecular weight excluding hydrogens is 258 g/mol. The zero-order valence-corrected chi connectivity index (χ0v) is 12.6. The first-order chi connectivity index (χ1) is 9.42. The van der Waals surface area contributed by atoms with Gasteiger partial charge in [-0.3, -0.25) is 0 Å². The second-order valence-electron chi connectivity index (χ2n) is 4.38. The fourth-order valence-corrected chi connectivity index (χ4v) is 1.80. The van der Waals surface area contributed by atoms with Gasteiger partial charge in [0.05, 0.1) is 13.2 Å². The number of aryl methyl sites for hydroxylation is 1. The van der Waals surface area contributed by atoms with E-state index in [1.54, 1.807) is 13.8 Å². The van der Waals surface area contributed by atoms with Crippen LogP contribution in [-0.4, -0.2) is 29.7 Å². The number of ether oxygens (including phenoxy) is 2. The summed E-state index contributed by atoms with van der Waals surface area (Å²) in [6.45, 7) is 7.69. The fraction of sp³-hybridized carbons (Fsp3) is 0.467. The van der Waals surface area contributed by atoms with E-state index >= 15 is 0 Å². The molecule has 1 aromatic rings. The molecule has 20 heavy (non-hydrogen) atoms. The number of carbonyl (C=O) groups is 2. The topological polar surface area (TPSA) is 57.5 Å². The predicted octanol–water partition coefficient (Wildman–Crippen LogP) is 2.15. The third-order valence-corrected chi connectivity index (χ3v) is 3.10. The van der Waals surface area contributed by atoms with Gasteiger partial charge in [0, 0.05) is 18.4 Å². The van der Waals surface area contributed by atoms with Crippen LogP contribution in [-0.2, 0) is 26.1 Å². The Bertz CT molecular complexity index is 520. The summed E-state index contributed by atoms with van der Waals surface area (Å²) >= 11 is 0. The number of aromatic nitrogens is 1. The first kappa shape index (κ1) is 16.0. The van der Waals surface area contributed by atoms with E-state index in [4.69, 9.17) is 9.47 Å². The van der Waals surface area contributed by atoms with Crippen molar-refractivity contribution in [1.29, 1.82) is 0 Å². The molecule has 0 unspecified atom stereocenters. The van der Waals surface area contributed by atoms with Crippen molar-refractivity contribution < 1.29 is 19.1 Å². The third-order valence-electron chi connectivity index (χ3n) is 3.10. The molecule has 1 aromatic heterocycles. The van der Waals surface area contributed by atoms with Crippen LogP contribution >= 0.6 is 0 Å². The molecule has 5 nitrogen and oxygen atoms in total. The van der Waals surface area contributed by atoms with Gasteiger partial charge < -0.3 is 14.0 Å². The number of hydrogen-bond acceptors (Lipinski definition) is 4. The van der Waals surface area contributed by atoms with Crippen LogP contribution in [0.15, 0.2) is 11.6 Å². The fourth-order valence-electron chi connectivity index (χ4n) is 1.80. The van der Waals surface area contributed by atoms with Crippen LogP contribution in [0.4, 0.5) is 0 Å². The Morgan fingerprint density at radius 3 is 2.00 bits per heavy atom. The highest BCUT2D eigenvalue weighted by Gasteiger charge is 2.21. The molecule has 0 N–H and O–H groups in total. The Balaban J connectivity index is 3.21. The van der Waals surface area contributed by atoms with Crippen molar-refractivity contribution >= 4 is 18.0 Å². The lowest BCUT2D eigenvalue weighted by Crippen LogP contribution is -2.18. The maximum Gasteiger partial charge on any atom is 0.345 e. The molecule has 0 saturated carbocycles. The minimum atomic E-state index is -0.660. The summed E-state index contributed by atoms with van der Waals surface area (Å²) in [7, 11) is 1.93. The molecule has 0 amide bonds. The lowest BCUT2D eigenvalue weighted by molar-refractivity contribution is -0.146. The molecule has 0 aliphatic rings. The van der Waals surface area contributed by atoms with Crippen LogP contribution in [0.5, 0.6) is 0 Å². The molecule has 0 aromatic carbocycles. The van der Waals surface area contributed by atoms with Crippen molar-refractivity contribution in [3.8, 4) is 0 Å². The first-order valence-electron chi connectivity index (χ1n) is 6.61. The molecule has 0 fully saturated rings. The molecular formula is C15H21NO4. The van der Waals surface area contributed by atoms with E-state index in [2.05, 4.69) is 0 Å². The number of nitrogens with zero attached hydrogens (tertiary/aromatic N) is 1. The van der Waals surface area contributed by atoms with Gasteiger partial charge in [0.1, 0.15) is 5.57 Å². The van der Waals surface area contributed by atoms with Crippen LogP contribution in [0.1, 0.15) is 30.8 Å². The van der Waals surface area contributed by atoms with Gasteiger partial charge in [-0.05, 0) is 45.4 Å². The lowest BCUT2D eigenvalue weighted by atomic mass is 10.1. The Labute approximate surface area is 119 Å². The molecule has 0 aliphatic heterocycles. The highest BCUT2D eigenvalue weighted by molar-refractivity contribution is 6.17. The zero-order valence-electron chi connectivity index (χ0n) is 12.6. The van der Waals surface area contributed by atoms with Gasteiger partial charge in [0.25, 0.3) is 0 Å². The number of rotatable bonds is 5. The number of hydrogen-bond donors (Lipinski definition) is 0. The van der Waals surface area contributed by atoms with E-state index in [-0.39, 0.29) is 18.8 Å². The van der Waals surface area contributed by atoms with Crippen LogP contribution in [0.3, 0.4) is 0 Å². The molecule has 0 radical (unpaired) electrons. The number of carbonyl (C=O) groups excluding carboxylic acids is 2. The summed E-state index contributed by atoms with van der Waals surface area (Å²) in [6.07, 6.45) is 1.53. The van der Waals surface area contributed by atoms with E-state index in [0.29, 0.717) is 0 Å². The standard InChI is InChI=1S/C15H21NO4/c1-6-19-14(17)13(15(18)20-7-2)9-12-8-10(3)16(5)11(12)4/h8-9H,6-7H2,1-5H3. The monoisotopic (exact) mass is 279 g/mol. The van der Waals surface area contributed by atoms with Gasteiger partial charge in [-0.25, -0.2) is 9.59 Å². The van der Waals surface area contributed by atoms with Crippen molar-refractivity contribution in [2.75, 3.05) is 13.2 Å². The smallest absolute Gasteiger partial charge is 0.345 e. The Morgan fingerprint density at radius 2 is 1.65 bits per heavy atom. The van der Waals surface area contributed by atoms with Gasteiger partial charge in [0.15, 0.2) is 0 Å². The summed E-state index contributed by atoms with van der Waals surface area (Å²) in [4.78, 5) is 23.7. The zero-order chi connectivity index (χ0) is 15.3. The molecule has 0 bridgehead atoms. The van der Waals surface area contributed by atoms with Crippen molar-refractivity contribution in [3.63, 3.8) is 0 Å². The quantitative estimate of drug-likeness (QED) is 0.359. The second-order valence-corrected chi connectivity index (χ2v) is 4.38. The molecule has 0 aliphatic carbocycles. The molecule has 0 atom stereocenters. The van der Waals surface area contributed by atoms with Crippen molar-refractivity contribution in [1.82, 2.24) is 4.57 Å². The molecule has 1 heterocycles. The average Bonchev–Trinajstić information content (AvgIpc) is 2.64. The SMILES string of the molecule is CCOC(=O)C(=Cc1cc(C)n(C)c1C)C(=O)OCC. The van der Waals surface area contributed by atoms with E-state index in [1.807, 2.05) is 31.5 Å². The Kier molecular flexibility index (Phi) is 5.55. The maximum absolute atomic E-state index is 11.9. The minimum Gasteiger partial charge on any atom is -0.462 e. The summed E-state index contributed by atoms with van der Waals surface area (Å²) in [5.74, 6) is -1.32. The van der Waals surface area contributed by atoms with Crippen molar-refractivity contribution in [3.05, 3.63) is 28.6 Å². The molecule has 5 heteroatoms. The summed E-state index contributed by atoms with van der Waals surface area (Å²) in [5, 5.41) is 0. The Morgan fingerprint density at radius 1 is 1.15 bits per heavy atom. The van der Waals surface area contributed by atoms with Crippen LogP contribution in [0, 0.1) is 13.8 Å². The molecule has 1 rings (SSSR count). The normalized spacial score (nSPS) is 10.1.